The Morgan fingerprint density at radius 2 is 1.64 bits per heavy atom. The minimum atomic E-state index is -0.314. The smallest absolute Gasteiger partial charge is 0.340 e. The van der Waals surface area contributed by atoms with Crippen LogP contribution >= 0.6 is 0 Å². The normalized spacial score (nSPS) is 15.0. The summed E-state index contributed by atoms with van der Waals surface area (Å²) in [6, 6.07) is 18.5. The van der Waals surface area contributed by atoms with Gasteiger partial charge in [-0.25, -0.2) is 9.78 Å². The van der Waals surface area contributed by atoms with Gasteiger partial charge in [0.25, 0.3) is 0 Å². The molecular weight excluding hydrogens is 350 g/mol. The quantitative estimate of drug-likeness (QED) is 0.636. The summed E-state index contributed by atoms with van der Waals surface area (Å²) in [5.41, 5.74) is 1.88. The van der Waals surface area contributed by atoms with E-state index < -0.39 is 0 Å². The fourth-order valence-electron chi connectivity index (χ4n) is 3.76. The highest BCUT2D eigenvalue weighted by Crippen LogP contribution is 2.28. The Morgan fingerprint density at radius 1 is 0.964 bits per heavy atom. The number of anilines is 1. The highest BCUT2D eigenvalue weighted by molar-refractivity contribution is 6.07. The van der Waals surface area contributed by atoms with Crippen molar-refractivity contribution in [3.05, 3.63) is 71.9 Å². The van der Waals surface area contributed by atoms with Crippen molar-refractivity contribution in [3.8, 4) is 0 Å². The van der Waals surface area contributed by atoms with Gasteiger partial charge < -0.3 is 9.64 Å². The first-order valence-corrected chi connectivity index (χ1v) is 9.82. The van der Waals surface area contributed by atoms with Crippen molar-refractivity contribution in [2.24, 2.45) is 0 Å². The van der Waals surface area contributed by atoms with E-state index in [0.717, 1.165) is 49.3 Å². The summed E-state index contributed by atoms with van der Waals surface area (Å²) in [6.07, 6.45) is 1.66. The van der Waals surface area contributed by atoms with E-state index in [-0.39, 0.29) is 5.97 Å². The fourth-order valence-corrected chi connectivity index (χ4v) is 3.76. The second-order valence-corrected chi connectivity index (χ2v) is 7.01. The number of nitrogens with zero attached hydrogens (tertiary/aromatic N) is 3. The maximum atomic E-state index is 12.3. The summed E-state index contributed by atoms with van der Waals surface area (Å²) in [4.78, 5) is 21.7. The molecule has 0 amide bonds. The Morgan fingerprint density at radius 3 is 2.36 bits per heavy atom. The van der Waals surface area contributed by atoms with Crippen LogP contribution in [0, 0.1) is 0 Å². The number of carbonyl (C=O) groups is 1. The van der Waals surface area contributed by atoms with Gasteiger partial charge in [-0.2, -0.15) is 0 Å². The Kier molecular flexibility index (Phi) is 5.53. The van der Waals surface area contributed by atoms with Crippen molar-refractivity contribution in [2.75, 3.05) is 37.7 Å². The molecule has 5 heteroatoms. The van der Waals surface area contributed by atoms with Gasteiger partial charge in [-0.15, -0.1) is 0 Å². The van der Waals surface area contributed by atoms with Gasteiger partial charge in [-0.3, -0.25) is 4.90 Å². The molecule has 1 fully saturated rings. The van der Waals surface area contributed by atoms with E-state index in [0.29, 0.717) is 12.2 Å². The summed E-state index contributed by atoms with van der Waals surface area (Å²) >= 11 is 0. The van der Waals surface area contributed by atoms with Gasteiger partial charge in [-0.1, -0.05) is 54.6 Å². The van der Waals surface area contributed by atoms with Gasteiger partial charge in [0.05, 0.1) is 12.2 Å². The van der Waals surface area contributed by atoms with E-state index in [9.17, 15) is 4.79 Å². The monoisotopic (exact) mass is 375 g/mol. The average molecular weight is 375 g/mol. The van der Waals surface area contributed by atoms with Crippen molar-refractivity contribution in [3.63, 3.8) is 0 Å². The molecule has 1 aromatic heterocycles. The minimum Gasteiger partial charge on any atom is -0.462 e. The molecule has 1 saturated heterocycles. The van der Waals surface area contributed by atoms with Gasteiger partial charge in [0.1, 0.15) is 5.82 Å². The van der Waals surface area contributed by atoms with Crippen LogP contribution < -0.4 is 4.90 Å². The maximum absolute atomic E-state index is 12.3. The Labute approximate surface area is 165 Å². The highest BCUT2D eigenvalue weighted by atomic mass is 16.5. The Bertz CT molecular complexity index is 950. The predicted octanol–water partition coefficient (Wildman–Crippen LogP) is 3.73. The number of hydrogen-bond acceptors (Lipinski definition) is 5. The van der Waals surface area contributed by atoms with Crippen LogP contribution in [0.1, 0.15) is 22.8 Å². The van der Waals surface area contributed by atoms with Crippen LogP contribution in [0.4, 0.5) is 5.82 Å². The molecular formula is C23H25N3O2. The summed E-state index contributed by atoms with van der Waals surface area (Å²) in [5.74, 6) is 0.633. The number of piperazine rings is 1. The van der Waals surface area contributed by atoms with Crippen LogP contribution in [-0.2, 0) is 11.3 Å². The molecule has 0 radical (unpaired) electrons. The zero-order valence-corrected chi connectivity index (χ0v) is 16.2. The lowest BCUT2D eigenvalue weighted by molar-refractivity contribution is 0.0528. The molecule has 0 unspecified atom stereocenters. The topological polar surface area (TPSA) is 45.7 Å². The first kappa shape index (κ1) is 18.4. The number of rotatable bonds is 5. The summed E-state index contributed by atoms with van der Waals surface area (Å²) < 4.78 is 5.19. The Hall–Kier alpha value is -2.92. The number of aromatic nitrogens is 1. The van der Waals surface area contributed by atoms with Crippen LogP contribution in [0.5, 0.6) is 0 Å². The van der Waals surface area contributed by atoms with E-state index in [1.165, 1.54) is 5.56 Å². The third-order valence-electron chi connectivity index (χ3n) is 5.19. The lowest BCUT2D eigenvalue weighted by Crippen LogP contribution is -2.46. The Balaban J connectivity index is 1.52. The fraction of sp³-hybridized carbons (Fsp3) is 0.304. The molecule has 5 nitrogen and oxygen atoms in total. The average Bonchev–Trinajstić information content (AvgIpc) is 2.74. The molecule has 2 aromatic carbocycles. The third-order valence-corrected chi connectivity index (χ3v) is 5.19. The molecule has 0 spiro atoms. The van der Waals surface area contributed by atoms with Crippen LogP contribution in [0.15, 0.2) is 60.8 Å². The van der Waals surface area contributed by atoms with E-state index in [4.69, 9.17) is 4.74 Å². The lowest BCUT2D eigenvalue weighted by atomic mass is 10.1. The lowest BCUT2D eigenvalue weighted by Gasteiger charge is -2.36. The third kappa shape index (κ3) is 3.85. The second-order valence-electron chi connectivity index (χ2n) is 7.01. The summed E-state index contributed by atoms with van der Waals surface area (Å²) in [5, 5.41) is 1.90. The second kappa shape index (κ2) is 8.40. The van der Waals surface area contributed by atoms with Crippen molar-refractivity contribution >= 4 is 22.6 Å². The molecule has 0 atom stereocenters. The van der Waals surface area contributed by atoms with Gasteiger partial charge in [0.2, 0.25) is 0 Å². The van der Waals surface area contributed by atoms with Gasteiger partial charge in [-0.05, 0) is 12.5 Å². The molecule has 0 bridgehead atoms. The van der Waals surface area contributed by atoms with E-state index in [1.54, 1.807) is 6.20 Å². The van der Waals surface area contributed by atoms with Crippen LogP contribution in [-0.4, -0.2) is 48.6 Å². The van der Waals surface area contributed by atoms with E-state index in [1.807, 2.05) is 31.2 Å². The number of hydrogen-bond donors (Lipinski definition) is 0. The molecule has 1 aliphatic rings. The summed E-state index contributed by atoms with van der Waals surface area (Å²) in [6.45, 7) is 6.97. The van der Waals surface area contributed by atoms with Crippen LogP contribution in [0.3, 0.4) is 0 Å². The van der Waals surface area contributed by atoms with E-state index >= 15 is 0 Å². The number of carbonyl (C=O) groups excluding carboxylic acids is 1. The number of fused-ring (bicyclic) bond motifs is 1. The molecule has 28 heavy (non-hydrogen) atoms. The first-order chi connectivity index (χ1) is 13.8. The SMILES string of the molecule is CCOC(=O)c1cnc(N2CCN(Cc3ccccc3)CC2)c2ccccc12. The molecule has 1 aliphatic heterocycles. The maximum Gasteiger partial charge on any atom is 0.340 e. The predicted molar refractivity (Wildman–Crippen MR) is 112 cm³/mol. The number of esters is 1. The molecule has 2 heterocycles. The standard InChI is InChI=1S/C23H25N3O2/c1-2-28-23(27)21-16-24-22(20-11-7-6-10-19(20)21)26-14-12-25(13-15-26)17-18-8-4-3-5-9-18/h3-11,16H,2,12-15,17H2,1H3. The van der Waals surface area contributed by atoms with Gasteiger partial charge in [0, 0.05) is 49.7 Å². The van der Waals surface area contributed by atoms with Crippen molar-refractivity contribution in [2.45, 2.75) is 13.5 Å². The largest absolute Gasteiger partial charge is 0.462 e. The van der Waals surface area contributed by atoms with Crippen LogP contribution in [0.25, 0.3) is 10.8 Å². The number of benzene rings is 2. The highest BCUT2D eigenvalue weighted by Gasteiger charge is 2.22. The van der Waals surface area contributed by atoms with Crippen LogP contribution in [0.2, 0.25) is 0 Å². The molecule has 0 aliphatic carbocycles. The van der Waals surface area contributed by atoms with E-state index in [2.05, 4.69) is 45.1 Å². The van der Waals surface area contributed by atoms with Gasteiger partial charge in [0.15, 0.2) is 0 Å². The molecule has 0 saturated carbocycles. The zero-order chi connectivity index (χ0) is 19.3. The number of ether oxygens (including phenoxy) is 1. The van der Waals surface area contributed by atoms with Gasteiger partial charge >= 0.3 is 5.97 Å². The zero-order valence-electron chi connectivity index (χ0n) is 16.2. The van der Waals surface area contributed by atoms with Crippen molar-refractivity contribution in [1.82, 2.24) is 9.88 Å². The molecule has 3 aromatic rings. The summed E-state index contributed by atoms with van der Waals surface area (Å²) in [7, 11) is 0. The van der Waals surface area contributed by atoms with Crippen molar-refractivity contribution < 1.29 is 9.53 Å². The minimum absolute atomic E-state index is 0.314. The molecule has 144 valence electrons. The number of pyridine rings is 1. The molecule has 4 rings (SSSR count). The molecule has 0 N–H and O–H groups in total. The first-order valence-electron chi connectivity index (χ1n) is 9.82. The van der Waals surface area contributed by atoms with Crippen molar-refractivity contribution in [1.29, 1.82) is 0 Å².